The lowest BCUT2D eigenvalue weighted by atomic mass is 10.1. The zero-order chi connectivity index (χ0) is 12.3. The van der Waals surface area contributed by atoms with Gasteiger partial charge in [-0.1, -0.05) is 0 Å². The first-order valence-electron chi connectivity index (χ1n) is 4.81. The van der Waals surface area contributed by atoms with E-state index in [0.29, 0.717) is 6.29 Å². The molecule has 0 heterocycles. The normalized spacial score (nSPS) is 11.0. The van der Waals surface area contributed by atoms with Gasteiger partial charge in [-0.3, -0.25) is 4.79 Å². The SMILES string of the molecule is CC(C)(C)OC(=O)c1cc(F)cc(C=O)c1. The van der Waals surface area contributed by atoms with Gasteiger partial charge in [0.05, 0.1) is 5.56 Å². The molecule has 0 aliphatic carbocycles. The molecule has 0 amide bonds. The third kappa shape index (κ3) is 3.46. The molecule has 0 radical (unpaired) electrons. The molecule has 0 N–H and O–H groups in total. The van der Waals surface area contributed by atoms with Crippen molar-refractivity contribution in [1.82, 2.24) is 0 Å². The maximum absolute atomic E-state index is 13.0. The average Bonchev–Trinajstić information content (AvgIpc) is 2.14. The molecule has 0 bridgehead atoms. The summed E-state index contributed by atoms with van der Waals surface area (Å²) in [5, 5.41) is 0. The Morgan fingerprint density at radius 2 is 1.94 bits per heavy atom. The Morgan fingerprint density at radius 1 is 1.31 bits per heavy atom. The smallest absolute Gasteiger partial charge is 0.338 e. The molecule has 1 aromatic carbocycles. The molecule has 0 aromatic heterocycles. The number of carbonyl (C=O) groups is 2. The van der Waals surface area contributed by atoms with E-state index in [2.05, 4.69) is 0 Å². The van der Waals surface area contributed by atoms with Crippen molar-refractivity contribution in [2.75, 3.05) is 0 Å². The van der Waals surface area contributed by atoms with Gasteiger partial charge in [0.2, 0.25) is 0 Å². The van der Waals surface area contributed by atoms with Crippen LogP contribution in [0.25, 0.3) is 0 Å². The second-order valence-corrected chi connectivity index (χ2v) is 4.39. The van der Waals surface area contributed by atoms with Crippen LogP contribution in [-0.4, -0.2) is 17.9 Å². The number of benzene rings is 1. The van der Waals surface area contributed by atoms with E-state index < -0.39 is 17.4 Å². The third-order valence-corrected chi connectivity index (χ3v) is 1.69. The summed E-state index contributed by atoms with van der Waals surface area (Å²) >= 11 is 0. The molecule has 16 heavy (non-hydrogen) atoms. The van der Waals surface area contributed by atoms with Crippen LogP contribution in [0.3, 0.4) is 0 Å². The fourth-order valence-electron chi connectivity index (χ4n) is 1.14. The number of rotatable bonds is 2. The molecule has 0 fully saturated rings. The van der Waals surface area contributed by atoms with Crippen molar-refractivity contribution in [3.05, 3.63) is 35.1 Å². The van der Waals surface area contributed by atoms with Gasteiger partial charge in [0.25, 0.3) is 0 Å². The van der Waals surface area contributed by atoms with E-state index in [9.17, 15) is 14.0 Å². The molecule has 0 aliphatic heterocycles. The van der Waals surface area contributed by atoms with Crippen LogP contribution >= 0.6 is 0 Å². The maximum atomic E-state index is 13.0. The van der Waals surface area contributed by atoms with Gasteiger partial charge in [-0.2, -0.15) is 0 Å². The maximum Gasteiger partial charge on any atom is 0.338 e. The number of hydrogen-bond acceptors (Lipinski definition) is 3. The Balaban J connectivity index is 3.00. The molecular formula is C12H13FO3. The van der Waals surface area contributed by atoms with Crippen molar-refractivity contribution in [2.24, 2.45) is 0 Å². The molecule has 1 rings (SSSR count). The molecule has 3 nitrogen and oxygen atoms in total. The minimum Gasteiger partial charge on any atom is -0.456 e. The van der Waals surface area contributed by atoms with E-state index >= 15 is 0 Å². The Hall–Kier alpha value is -1.71. The van der Waals surface area contributed by atoms with Crippen molar-refractivity contribution >= 4 is 12.3 Å². The highest BCUT2D eigenvalue weighted by molar-refractivity contribution is 5.91. The van der Waals surface area contributed by atoms with Gasteiger partial charge in [0.1, 0.15) is 17.7 Å². The Labute approximate surface area is 93.2 Å². The van der Waals surface area contributed by atoms with Gasteiger partial charge < -0.3 is 4.74 Å². The van der Waals surface area contributed by atoms with Crippen molar-refractivity contribution in [3.63, 3.8) is 0 Å². The summed E-state index contributed by atoms with van der Waals surface area (Å²) in [5.74, 6) is -1.28. The number of carbonyl (C=O) groups excluding carboxylic acids is 2. The quantitative estimate of drug-likeness (QED) is 0.572. The third-order valence-electron chi connectivity index (χ3n) is 1.69. The first-order chi connectivity index (χ1) is 7.31. The van der Waals surface area contributed by atoms with Gasteiger partial charge in [0, 0.05) is 5.56 Å². The molecule has 0 saturated heterocycles. The Kier molecular flexibility index (Phi) is 3.42. The Bertz CT molecular complexity index is 419. The zero-order valence-electron chi connectivity index (χ0n) is 9.41. The Morgan fingerprint density at radius 3 is 2.44 bits per heavy atom. The van der Waals surface area contributed by atoms with E-state index in [0.717, 1.165) is 12.1 Å². The highest BCUT2D eigenvalue weighted by Gasteiger charge is 2.18. The molecule has 86 valence electrons. The van der Waals surface area contributed by atoms with Gasteiger partial charge in [-0.05, 0) is 39.0 Å². The summed E-state index contributed by atoms with van der Waals surface area (Å²) < 4.78 is 18.1. The number of aldehydes is 1. The average molecular weight is 224 g/mol. The van der Waals surface area contributed by atoms with E-state index in [-0.39, 0.29) is 11.1 Å². The fraction of sp³-hybridized carbons (Fsp3) is 0.333. The van der Waals surface area contributed by atoms with Crippen LogP contribution in [0.1, 0.15) is 41.5 Å². The van der Waals surface area contributed by atoms with Crippen molar-refractivity contribution < 1.29 is 18.7 Å². The molecule has 0 atom stereocenters. The molecular weight excluding hydrogens is 211 g/mol. The lowest BCUT2D eigenvalue weighted by Gasteiger charge is -2.19. The van der Waals surface area contributed by atoms with Crippen LogP contribution < -0.4 is 0 Å². The number of hydrogen-bond donors (Lipinski definition) is 0. The molecule has 0 unspecified atom stereocenters. The number of ether oxygens (including phenoxy) is 1. The van der Waals surface area contributed by atoms with Crippen LogP contribution in [0, 0.1) is 5.82 Å². The van der Waals surface area contributed by atoms with Crippen LogP contribution in [0.4, 0.5) is 4.39 Å². The number of esters is 1. The number of halogens is 1. The highest BCUT2D eigenvalue weighted by Crippen LogP contribution is 2.14. The fourth-order valence-corrected chi connectivity index (χ4v) is 1.14. The van der Waals surface area contributed by atoms with Crippen LogP contribution in [0.15, 0.2) is 18.2 Å². The second-order valence-electron chi connectivity index (χ2n) is 4.39. The standard InChI is InChI=1S/C12H13FO3/c1-12(2,3)16-11(15)9-4-8(7-14)5-10(13)6-9/h4-7H,1-3H3. The van der Waals surface area contributed by atoms with Crippen LogP contribution in [-0.2, 0) is 4.74 Å². The summed E-state index contributed by atoms with van der Waals surface area (Å²) in [7, 11) is 0. The first-order valence-corrected chi connectivity index (χ1v) is 4.81. The zero-order valence-corrected chi connectivity index (χ0v) is 9.41. The van der Waals surface area contributed by atoms with E-state index in [1.807, 2.05) is 0 Å². The van der Waals surface area contributed by atoms with E-state index in [1.165, 1.54) is 6.07 Å². The minimum absolute atomic E-state index is 0.0389. The monoisotopic (exact) mass is 224 g/mol. The lowest BCUT2D eigenvalue weighted by molar-refractivity contribution is 0.00690. The highest BCUT2D eigenvalue weighted by atomic mass is 19.1. The topological polar surface area (TPSA) is 43.4 Å². The van der Waals surface area contributed by atoms with Crippen LogP contribution in [0.2, 0.25) is 0 Å². The summed E-state index contributed by atoms with van der Waals surface area (Å²) in [4.78, 5) is 22.1. The summed E-state index contributed by atoms with van der Waals surface area (Å²) in [6.07, 6.45) is 0.483. The van der Waals surface area contributed by atoms with Gasteiger partial charge in [-0.25, -0.2) is 9.18 Å². The molecule has 1 aromatic rings. The molecule has 0 spiro atoms. The van der Waals surface area contributed by atoms with E-state index in [4.69, 9.17) is 4.74 Å². The predicted octanol–water partition coefficient (Wildman–Crippen LogP) is 2.59. The summed E-state index contributed by atoms with van der Waals surface area (Å²) in [6, 6.07) is 3.39. The van der Waals surface area contributed by atoms with Gasteiger partial charge >= 0.3 is 5.97 Å². The molecule has 4 heteroatoms. The molecule has 0 aliphatic rings. The van der Waals surface area contributed by atoms with Crippen LogP contribution in [0.5, 0.6) is 0 Å². The minimum atomic E-state index is -0.648. The summed E-state index contributed by atoms with van der Waals surface area (Å²) in [6.45, 7) is 5.14. The largest absolute Gasteiger partial charge is 0.456 e. The first kappa shape index (κ1) is 12.4. The lowest BCUT2D eigenvalue weighted by Crippen LogP contribution is -2.24. The predicted molar refractivity (Wildman–Crippen MR) is 57.0 cm³/mol. The molecule has 0 saturated carbocycles. The van der Waals surface area contributed by atoms with E-state index in [1.54, 1.807) is 20.8 Å². The van der Waals surface area contributed by atoms with Gasteiger partial charge in [0.15, 0.2) is 0 Å². The second kappa shape index (κ2) is 4.43. The van der Waals surface area contributed by atoms with Crippen molar-refractivity contribution in [2.45, 2.75) is 26.4 Å². The summed E-state index contributed by atoms with van der Waals surface area (Å²) in [5.41, 5.74) is -0.497. The van der Waals surface area contributed by atoms with Crippen molar-refractivity contribution in [3.8, 4) is 0 Å². The van der Waals surface area contributed by atoms with Crippen molar-refractivity contribution in [1.29, 1.82) is 0 Å². The van der Waals surface area contributed by atoms with Gasteiger partial charge in [-0.15, -0.1) is 0 Å².